The van der Waals surface area contributed by atoms with Gasteiger partial charge in [0.25, 0.3) is 0 Å². The molecule has 9 N–H and O–H groups in total. The van der Waals surface area contributed by atoms with E-state index in [-0.39, 0.29) is 98.0 Å². The molecule has 10 rings (SSSR count). The van der Waals surface area contributed by atoms with Gasteiger partial charge in [0.1, 0.15) is 34.2 Å². The number of carbonyl (C=O) groups is 9. The van der Waals surface area contributed by atoms with Crippen LogP contribution < -0.4 is 61.5 Å². The largest absolute Gasteiger partial charge is 1.00 e. The van der Waals surface area contributed by atoms with Gasteiger partial charge < -0.3 is 106 Å². The molecule has 0 aromatic carbocycles. The summed E-state index contributed by atoms with van der Waals surface area (Å²) in [7, 11) is 2.31. The number of ether oxygens (including phenoxy) is 6. The molecular formula is C89H153BrClN14NaO18. The first-order valence-electron chi connectivity index (χ1n) is 42.9. The minimum absolute atomic E-state index is 0. The van der Waals surface area contributed by atoms with Gasteiger partial charge in [0.05, 0.1) is 30.7 Å². The number of hydrogen-bond acceptors (Lipinski definition) is 24. The van der Waals surface area contributed by atoms with Gasteiger partial charge in [0, 0.05) is 126 Å². The summed E-state index contributed by atoms with van der Waals surface area (Å²) in [6.07, 6.45) is 45.1. The van der Waals surface area contributed by atoms with E-state index in [4.69, 9.17) is 64.2 Å². The molecule has 2 aromatic rings. The number of esters is 1. The number of terminal acetylenes is 2. The van der Waals surface area contributed by atoms with Crippen LogP contribution in [0.15, 0.2) is 37.4 Å². The van der Waals surface area contributed by atoms with E-state index in [1.165, 1.54) is 65.0 Å². The average molecular weight is 1850 g/mol. The third-order valence-corrected chi connectivity index (χ3v) is 19.3. The molecule has 8 fully saturated rings. The van der Waals surface area contributed by atoms with Crippen LogP contribution in [0.3, 0.4) is 0 Å². The number of nitrogens with one attached hydrogen (secondary N) is 6. The number of carbonyl (C=O) groups excluding carboxylic acids is 9. The van der Waals surface area contributed by atoms with Gasteiger partial charge in [-0.2, -0.15) is 5.26 Å². The van der Waals surface area contributed by atoms with Gasteiger partial charge >= 0.3 is 60.0 Å². The van der Waals surface area contributed by atoms with Gasteiger partial charge in [0.2, 0.25) is 23.6 Å². The molecule has 702 valence electrons. The zero-order chi connectivity index (χ0) is 92.2. The number of hydrogen-bond donors (Lipinski definition) is 9. The molecule has 7 atom stereocenters. The third kappa shape index (κ3) is 68.5. The molecule has 8 saturated heterocycles. The number of nitrogens with zero attached hydrogens (tertiary/aromatic N) is 8. The van der Waals surface area contributed by atoms with Crippen LogP contribution in [-0.4, -0.2) is 232 Å². The fourth-order valence-electron chi connectivity index (χ4n) is 12.5. The minimum Gasteiger partial charge on any atom is -0.512 e. The molecule has 0 radical (unpaired) electrons. The van der Waals surface area contributed by atoms with E-state index in [9.17, 15) is 43.2 Å². The summed E-state index contributed by atoms with van der Waals surface area (Å²) in [5, 5.41) is 57.4. The molecule has 0 bridgehead atoms. The number of rotatable bonds is 7. The van der Waals surface area contributed by atoms with Crippen LogP contribution in [-0.2, 0) is 65.5 Å². The minimum atomic E-state index is -1.06. The normalized spacial score (nSPS) is 20.5. The average Bonchev–Trinajstić information content (AvgIpc) is 1.69. The third-order valence-electron chi connectivity index (χ3n) is 18.4. The van der Waals surface area contributed by atoms with E-state index in [0.29, 0.717) is 38.0 Å². The Morgan fingerprint density at radius 3 is 1.36 bits per heavy atom. The number of nitriles is 1. The second-order valence-corrected chi connectivity index (χ2v) is 35.0. The molecule has 8 aliphatic rings. The summed E-state index contributed by atoms with van der Waals surface area (Å²) in [4.78, 5) is 112. The van der Waals surface area contributed by atoms with Crippen molar-refractivity contribution in [1.82, 2.24) is 60.8 Å². The van der Waals surface area contributed by atoms with Crippen LogP contribution in [0.4, 0.5) is 19.2 Å². The molecule has 35 heteroatoms. The molecule has 6 amide bonds. The van der Waals surface area contributed by atoms with Crippen molar-refractivity contribution in [1.29, 1.82) is 10.5 Å². The Hall–Kier alpha value is -7.72. The molecular weight excluding hydrogens is 1690 g/mol. The first kappa shape index (κ1) is 123. The van der Waals surface area contributed by atoms with Crippen molar-refractivity contribution in [3.05, 3.63) is 44.0 Å². The van der Waals surface area contributed by atoms with Crippen molar-refractivity contribution in [2.75, 3.05) is 106 Å². The van der Waals surface area contributed by atoms with Gasteiger partial charge in [-0.1, -0.05) is 60.9 Å². The topological polar surface area (TPSA) is 432 Å². The van der Waals surface area contributed by atoms with Crippen LogP contribution in [0, 0.1) is 95.2 Å². The quantitative estimate of drug-likeness (QED) is 0.0237. The van der Waals surface area contributed by atoms with E-state index in [1.54, 1.807) is 52.6 Å². The molecule has 124 heavy (non-hydrogen) atoms. The summed E-state index contributed by atoms with van der Waals surface area (Å²) in [5.41, 5.74) is -2.26. The van der Waals surface area contributed by atoms with E-state index in [2.05, 4.69) is 100 Å². The number of aliphatic hydroxyl groups is 3. The summed E-state index contributed by atoms with van der Waals surface area (Å²) in [6.45, 7) is 39.2. The Morgan fingerprint density at radius 2 is 0.911 bits per heavy atom. The summed E-state index contributed by atoms with van der Waals surface area (Å²) in [5.74, 6) is 9.26. The van der Waals surface area contributed by atoms with Crippen molar-refractivity contribution >= 4 is 82.4 Å². The fraction of sp³-hybridized carbons (Fsp3) is 0.742. The molecule has 10 heterocycles. The van der Waals surface area contributed by atoms with Crippen molar-refractivity contribution in [3.8, 4) is 42.6 Å². The number of methoxy groups -OCH3 is 1. The zero-order valence-electron chi connectivity index (χ0n) is 77.0. The van der Waals surface area contributed by atoms with Crippen molar-refractivity contribution in [3.63, 3.8) is 0 Å². The molecule has 7 unspecified atom stereocenters. The van der Waals surface area contributed by atoms with Gasteiger partial charge in [-0.25, -0.2) is 29.1 Å². The maximum absolute atomic E-state index is 12.2. The number of alkyl halides is 1. The Morgan fingerprint density at radius 1 is 0.524 bits per heavy atom. The van der Waals surface area contributed by atoms with Crippen molar-refractivity contribution in [2.24, 2.45) is 35.5 Å². The predicted molar refractivity (Wildman–Crippen MR) is 482 cm³/mol. The van der Waals surface area contributed by atoms with Crippen LogP contribution in [0.5, 0.6) is 0 Å². The number of likely N-dealkylation sites (tertiary alicyclic amines) is 2. The maximum atomic E-state index is 12.2. The van der Waals surface area contributed by atoms with Crippen molar-refractivity contribution < 1.29 is 119 Å². The number of halogens is 2. The number of aromatic nitrogens is 4. The molecule has 0 aliphatic carbocycles. The number of aliphatic hydroxyl groups excluding tert-OH is 3. The van der Waals surface area contributed by atoms with Gasteiger partial charge in [0.15, 0.2) is 0 Å². The Labute approximate surface area is 780 Å². The first-order valence-corrected chi connectivity index (χ1v) is 43.8. The standard InChI is InChI=1S/C15H25N3O2.C12H23NO3.C10H17N3.C10H18O5.C8H13NO3.C7H10N2O.C7H15NO.C6H10BrNO.C6H11NO.C6H2.CN.CH4O.ClH.Na.2H2/c1-15(2,3)20-14(19)18-8-5-4-6-13(11-18)10-17-9-7-16-12-17;1-12(2,3)16-11(15)13-7-5-4-6-10(8-13)9-14;1-2-4-11-7-10(3-1)8-13-6-5-12-9-13;1-9(2,3)14-7(11)13-8(12)15-10(4,5)6;1-12-8(11)6-4-2-3-5-9-7(6)10;8-5-6-3-1-2-4-9-7(6)10;9-6-7-3-1-2-4-8-5-7;7-5-3-1-2-4-8-6(5)9;8-6-4-2-1-3-5-7-6;1-3-5-6-4-2;2*1-2;;;;/h7,9,12-13H,4-6,8,10-11H2,1-3H3;10,14H,4-9H2,1-3H3;5-6,9-11H,1-4,7-8H2;1-6H3;6H,2-5H2,1H3,(H,9,10);6H,1-4H2,(H,9,10);7-9H,1-6H2;5H,1-4H2,(H,8,9);1-5H2,(H,7,8);1-2H;;2H,1H3;1H;;2*1H/q;;;;;;;;;;-1;;;+1;;. The summed E-state index contributed by atoms with van der Waals surface area (Å²) < 4.78 is 33.4. The second kappa shape index (κ2) is 74.4. The van der Waals surface area contributed by atoms with E-state index < -0.39 is 52.5 Å². The van der Waals surface area contributed by atoms with E-state index >= 15 is 0 Å². The van der Waals surface area contributed by atoms with Gasteiger partial charge in [-0.3, -0.25) is 24.0 Å². The van der Waals surface area contributed by atoms with Crippen LogP contribution in [0.2, 0.25) is 0 Å². The fourth-order valence-corrected chi connectivity index (χ4v) is 13.0. The Bertz CT molecular complexity index is 3360. The number of imidazole rings is 2. The van der Waals surface area contributed by atoms with Crippen LogP contribution >= 0.6 is 28.3 Å². The maximum Gasteiger partial charge on any atom is 1.00 e. The second-order valence-electron chi connectivity index (χ2n) is 33.9. The van der Waals surface area contributed by atoms with Crippen molar-refractivity contribution in [2.45, 2.75) is 284 Å². The number of amides is 6. The molecule has 2 aromatic heterocycles. The Kier molecular flexibility index (Phi) is 73.5. The molecule has 0 saturated carbocycles. The molecule has 0 spiro atoms. The first-order chi connectivity index (χ1) is 57.9. The predicted octanol–water partition coefficient (Wildman–Crippen LogP) is 9.56. The molecule has 32 nitrogen and oxygen atoms in total. The van der Waals surface area contributed by atoms with E-state index in [0.717, 1.165) is 188 Å². The Balaban J connectivity index is -0.000000319. The van der Waals surface area contributed by atoms with Gasteiger partial charge in [-0.15, -0.1) is 25.3 Å². The monoisotopic (exact) mass is 1840 g/mol. The van der Waals surface area contributed by atoms with Gasteiger partial charge in [-0.05, 0) is 259 Å². The summed E-state index contributed by atoms with van der Waals surface area (Å²) >= 11 is 3.29. The molecule has 8 aliphatic heterocycles. The van der Waals surface area contributed by atoms with E-state index in [1.807, 2.05) is 83.8 Å². The smallest absolute Gasteiger partial charge is 0.512 e. The van der Waals surface area contributed by atoms with Crippen LogP contribution in [0.1, 0.15) is 246 Å². The zero-order valence-corrected chi connectivity index (χ0v) is 81.4. The summed E-state index contributed by atoms with van der Waals surface area (Å²) in [6, 6.07) is 1.98. The van der Waals surface area contributed by atoms with Crippen LogP contribution in [0.25, 0.3) is 0 Å². The SMILES string of the molecule is C#CC#CC#C.CC(C)(C)OC(=O)N1CCCCC(CO)C1.CC(C)(C)OC(=O)N1CCCCC(Cn2ccnc2)C1.CC(C)(C)OC(=O)OC(=O)OC(C)(C)C.CO.COC(=O)C1CCCCNC1=O.Cl.N#CC1CCCCNC1=O.O=C1CCCCCN1.O=C1NCCCCC1Br.OCC1CCCCNC1.[C-]#N.[HH].[HH].[Na+].c1cn(CC2CCCCNC2)cn1.